The van der Waals surface area contributed by atoms with Gasteiger partial charge in [0, 0.05) is 26.6 Å². The summed E-state index contributed by atoms with van der Waals surface area (Å²) >= 11 is 0. The van der Waals surface area contributed by atoms with E-state index in [1.54, 1.807) is 16.6 Å². The van der Waals surface area contributed by atoms with Crippen LogP contribution in [0.1, 0.15) is 68.6 Å². The van der Waals surface area contributed by atoms with Crippen molar-refractivity contribution < 1.29 is 19.1 Å². The van der Waals surface area contributed by atoms with Crippen molar-refractivity contribution in [1.29, 1.82) is 0 Å². The predicted octanol–water partition coefficient (Wildman–Crippen LogP) is 1.70. The minimum absolute atomic E-state index is 0.0700. The molecule has 0 spiro atoms. The lowest BCUT2D eigenvalue weighted by atomic mass is 10.1. The highest BCUT2D eigenvalue weighted by Crippen LogP contribution is 2.16. The van der Waals surface area contributed by atoms with Gasteiger partial charge in [-0.05, 0) is 18.8 Å². The Kier molecular flexibility index (Phi) is 9.56. The van der Waals surface area contributed by atoms with Crippen LogP contribution in [0.3, 0.4) is 0 Å². The molecule has 0 fully saturated rings. The number of hydrogen-bond donors (Lipinski definition) is 2. The third-order valence-corrected chi connectivity index (χ3v) is 5.03. The second-order valence-corrected chi connectivity index (χ2v) is 7.92. The molecule has 0 atom stereocenters. The molecule has 1 aromatic rings. The summed E-state index contributed by atoms with van der Waals surface area (Å²) in [4.78, 5) is 37.6. The molecular formula is C20H34N6O4. The zero-order chi connectivity index (χ0) is 21.9. The number of fused-ring (bicyclic) bond motifs is 1. The first-order valence-electron chi connectivity index (χ1n) is 10.7. The van der Waals surface area contributed by atoms with Crippen LogP contribution in [0, 0.1) is 5.92 Å². The van der Waals surface area contributed by atoms with Crippen LogP contribution >= 0.6 is 0 Å². The fourth-order valence-corrected chi connectivity index (χ4v) is 3.22. The minimum atomic E-state index is -0.372. The van der Waals surface area contributed by atoms with E-state index in [0.717, 1.165) is 19.3 Å². The van der Waals surface area contributed by atoms with Crippen LogP contribution in [-0.2, 0) is 22.6 Å². The number of aromatic nitrogens is 3. The van der Waals surface area contributed by atoms with Crippen LogP contribution in [0.4, 0.5) is 4.79 Å². The summed E-state index contributed by atoms with van der Waals surface area (Å²) in [6.07, 6.45) is 4.74. The standard InChI is InChI=1S/C20H34N6O4/c1-15(2)8-5-4-6-13-30-20(29)25-11-12-26-16(14-25)18(23-24-26)19(28)22-10-7-9-17(27)21-3/h15H,4-14H2,1-3H3,(H,21,27)(H,22,28). The van der Waals surface area contributed by atoms with Crippen LogP contribution < -0.4 is 10.6 Å². The lowest BCUT2D eigenvalue weighted by molar-refractivity contribution is -0.120. The topological polar surface area (TPSA) is 118 Å². The first-order valence-corrected chi connectivity index (χ1v) is 10.7. The van der Waals surface area contributed by atoms with Gasteiger partial charge in [0.1, 0.15) is 0 Å². The molecule has 2 N–H and O–H groups in total. The highest BCUT2D eigenvalue weighted by molar-refractivity contribution is 5.93. The van der Waals surface area contributed by atoms with Gasteiger partial charge in [-0.2, -0.15) is 0 Å². The zero-order valence-electron chi connectivity index (χ0n) is 18.3. The number of rotatable bonds is 11. The molecule has 10 nitrogen and oxygen atoms in total. The predicted molar refractivity (Wildman–Crippen MR) is 111 cm³/mol. The van der Waals surface area contributed by atoms with E-state index < -0.39 is 0 Å². The molecule has 0 saturated heterocycles. The van der Waals surface area contributed by atoms with Crippen molar-refractivity contribution in [2.45, 2.75) is 65.5 Å². The summed E-state index contributed by atoms with van der Waals surface area (Å²) in [5, 5.41) is 13.3. The Balaban J connectivity index is 1.78. The van der Waals surface area contributed by atoms with Gasteiger partial charge in [0.05, 0.1) is 25.4 Å². The Hall–Kier alpha value is -2.65. The third-order valence-electron chi connectivity index (χ3n) is 5.03. The van der Waals surface area contributed by atoms with Crippen molar-refractivity contribution in [3.8, 4) is 0 Å². The van der Waals surface area contributed by atoms with E-state index in [2.05, 4.69) is 34.8 Å². The third kappa shape index (κ3) is 7.31. The molecule has 0 saturated carbocycles. The quantitative estimate of drug-likeness (QED) is 0.524. The van der Waals surface area contributed by atoms with Gasteiger partial charge in [0.2, 0.25) is 5.91 Å². The van der Waals surface area contributed by atoms with E-state index in [9.17, 15) is 14.4 Å². The summed E-state index contributed by atoms with van der Waals surface area (Å²) in [5.41, 5.74) is 0.806. The summed E-state index contributed by atoms with van der Waals surface area (Å²) in [5.74, 6) is 0.273. The molecule has 168 valence electrons. The van der Waals surface area contributed by atoms with Gasteiger partial charge in [0.15, 0.2) is 5.69 Å². The van der Waals surface area contributed by atoms with E-state index in [1.807, 2.05) is 0 Å². The molecule has 0 aromatic carbocycles. The Bertz CT molecular complexity index is 718. The highest BCUT2D eigenvalue weighted by Gasteiger charge is 2.28. The van der Waals surface area contributed by atoms with Crippen molar-refractivity contribution in [3.63, 3.8) is 0 Å². The van der Waals surface area contributed by atoms with Crippen LogP contribution in [-0.4, -0.2) is 64.5 Å². The first kappa shape index (κ1) is 23.6. The Morgan fingerprint density at radius 2 is 1.93 bits per heavy atom. The Morgan fingerprint density at radius 3 is 2.67 bits per heavy atom. The van der Waals surface area contributed by atoms with Crippen LogP contribution in [0.15, 0.2) is 0 Å². The molecule has 0 radical (unpaired) electrons. The van der Waals surface area contributed by atoms with E-state index in [4.69, 9.17) is 4.74 Å². The molecule has 0 aliphatic carbocycles. The van der Waals surface area contributed by atoms with Gasteiger partial charge in [-0.1, -0.05) is 38.3 Å². The Labute approximate surface area is 177 Å². The normalized spacial score (nSPS) is 13.1. The van der Waals surface area contributed by atoms with Crippen molar-refractivity contribution >= 4 is 17.9 Å². The second-order valence-electron chi connectivity index (χ2n) is 7.92. The minimum Gasteiger partial charge on any atom is -0.449 e. The number of nitrogens with zero attached hydrogens (tertiary/aromatic N) is 4. The van der Waals surface area contributed by atoms with Crippen molar-refractivity contribution in [2.75, 3.05) is 26.7 Å². The molecule has 0 unspecified atom stereocenters. The lowest BCUT2D eigenvalue weighted by Crippen LogP contribution is -2.40. The summed E-state index contributed by atoms with van der Waals surface area (Å²) in [7, 11) is 1.58. The van der Waals surface area contributed by atoms with Crippen molar-refractivity contribution in [3.05, 3.63) is 11.4 Å². The fourth-order valence-electron chi connectivity index (χ4n) is 3.22. The van der Waals surface area contributed by atoms with E-state index >= 15 is 0 Å². The number of hydrogen-bond acceptors (Lipinski definition) is 6. The molecule has 10 heteroatoms. The number of unbranched alkanes of at least 4 members (excludes halogenated alkanes) is 2. The molecule has 30 heavy (non-hydrogen) atoms. The lowest BCUT2D eigenvalue weighted by Gasteiger charge is -2.26. The van der Waals surface area contributed by atoms with Gasteiger partial charge in [-0.25, -0.2) is 9.48 Å². The average molecular weight is 423 g/mol. The van der Waals surface area contributed by atoms with E-state index in [1.165, 1.54) is 6.42 Å². The van der Waals surface area contributed by atoms with E-state index in [0.29, 0.717) is 50.7 Å². The average Bonchev–Trinajstić information content (AvgIpc) is 3.16. The van der Waals surface area contributed by atoms with Gasteiger partial charge in [-0.15, -0.1) is 5.10 Å². The van der Waals surface area contributed by atoms with Gasteiger partial charge in [-0.3, -0.25) is 9.59 Å². The molecule has 1 aromatic heterocycles. The first-order chi connectivity index (χ1) is 14.4. The van der Waals surface area contributed by atoms with Crippen LogP contribution in [0.5, 0.6) is 0 Å². The summed E-state index contributed by atoms with van der Waals surface area (Å²) in [6.45, 7) is 6.35. The van der Waals surface area contributed by atoms with Crippen LogP contribution in [0.2, 0.25) is 0 Å². The molecule has 1 aliphatic heterocycles. The van der Waals surface area contributed by atoms with Gasteiger partial charge in [0.25, 0.3) is 5.91 Å². The van der Waals surface area contributed by atoms with Crippen molar-refractivity contribution in [2.24, 2.45) is 5.92 Å². The fraction of sp³-hybridized carbons (Fsp3) is 0.750. The summed E-state index contributed by atoms with van der Waals surface area (Å²) < 4.78 is 7.04. The maximum absolute atomic E-state index is 12.4. The molecule has 3 amide bonds. The monoisotopic (exact) mass is 422 g/mol. The number of ether oxygens (including phenoxy) is 1. The number of amides is 3. The maximum atomic E-state index is 12.4. The zero-order valence-corrected chi connectivity index (χ0v) is 18.3. The molecule has 1 aliphatic rings. The molecule has 0 bridgehead atoms. The smallest absolute Gasteiger partial charge is 0.410 e. The van der Waals surface area contributed by atoms with Crippen LogP contribution in [0.25, 0.3) is 0 Å². The summed E-state index contributed by atoms with van der Waals surface area (Å²) in [6, 6.07) is 0. The number of carbonyl (C=O) groups is 3. The number of carbonyl (C=O) groups excluding carboxylic acids is 3. The molecule has 2 rings (SSSR count). The Morgan fingerprint density at radius 1 is 1.13 bits per heavy atom. The highest BCUT2D eigenvalue weighted by atomic mass is 16.6. The maximum Gasteiger partial charge on any atom is 0.410 e. The second kappa shape index (κ2) is 12.1. The molecule has 2 heterocycles. The van der Waals surface area contributed by atoms with Gasteiger partial charge < -0.3 is 20.3 Å². The van der Waals surface area contributed by atoms with Crippen molar-refractivity contribution in [1.82, 2.24) is 30.5 Å². The number of nitrogens with one attached hydrogen (secondary N) is 2. The largest absolute Gasteiger partial charge is 0.449 e. The van der Waals surface area contributed by atoms with E-state index in [-0.39, 0.29) is 30.1 Å². The SMILES string of the molecule is CNC(=O)CCCNC(=O)c1nnn2c1CN(C(=O)OCCCCCC(C)C)CC2. The van der Waals surface area contributed by atoms with Gasteiger partial charge >= 0.3 is 6.09 Å². The molecular weight excluding hydrogens is 388 g/mol.